The number of fused-ring (bicyclic) bond motifs is 2. The van der Waals surface area contributed by atoms with Crippen molar-refractivity contribution in [2.75, 3.05) is 26.8 Å². The summed E-state index contributed by atoms with van der Waals surface area (Å²) in [6.07, 6.45) is 3.85. The van der Waals surface area contributed by atoms with E-state index in [4.69, 9.17) is 9.47 Å². The van der Waals surface area contributed by atoms with E-state index in [0.29, 0.717) is 19.7 Å². The molecule has 0 aliphatic carbocycles. The highest BCUT2D eigenvalue weighted by Crippen LogP contribution is 2.42. The van der Waals surface area contributed by atoms with Crippen molar-refractivity contribution in [3.8, 4) is 5.75 Å². The van der Waals surface area contributed by atoms with E-state index >= 15 is 0 Å². The number of ether oxygens (including phenoxy) is 2. The highest BCUT2D eigenvalue weighted by atomic mass is 16.5. The lowest BCUT2D eigenvalue weighted by atomic mass is 9.79. The van der Waals surface area contributed by atoms with Crippen LogP contribution < -0.4 is 10.3 Å². The predicted octanol–water partition coefficient (Wildman–Crippen LogP) is 2.09. The fourth-order valence-corrected chi connectivity index (χ4v) is 4.03. The van der Waals surface area contributed by atoms with Crippen LogP contribution in [0, 0.1) is 0 Å². The molecule has 1 aromatic carbocycles. The molecule has 0 bridgehead atoms. The van der Waals surface area contributed by atoms with Gasteiger partial charge < -0.3 is 19.4 Å². The maximum atomic E-state index is 12.7. The minimum Gasteiger partial charge on any atom is -0.497 e. The van der Waals surface area contributed by atoms with Crippen LogP contribution in [0.2, 0.25) is 0 Å². The zero-order valence-electron chi connectivity index (χ0n) is 14.8. The second-order valence-electron chi connectivity index (χ2n) is 6.82. The summed E-state index contributed by atoms with van der Waals surface area (Å²) >= 11 is 0. The summed E-state index contributed by atoms with van der Waals surface area (Å²) in [6, 6.07) is 9.39. The molecule has 136 valence electrons. The summed E-state index contributed by atoms with van der Waals surface area (Å²) in [5, 5.41) is 0. The van der Waals surface area contributed by atoms with Gasteiger partial charge in [0.2, 0.25) is 0 Å². The number of pyridine rings is 1. The normalized spacial score (nSPS) is 18.4. The first kappa shape index (κ1) is 16.8. The zero-order valence-corrected chi connectivity index (χ0v) is 14.8. The molecule has 1 aromatic heterocycles. The SMILES string of the molecule is COc1ccc2c(c1)CCOC21CCN(C(=O)c2ccc[nH]c2=O)CC1. The van der Waals surface area contributed by atoms with Crippen LogP contribution in [0.5, 0.6) is 5.75 Å². The van der Waals surface area contributed by atoms with Crippen LogP contribution in [0.1, 0.15) is 34.3 Å². The molecule has 0 atom stereocenters. The van der Waals surface area contributed by atoms with Gasteiger partial charge >= 0.3 is 0 Å². The second kappa shape index (κ2) is 6.61. The van der Waals surface area contributed by atoms with Gasteiger partial charge in [0.05, 0.1) is 19.3 Å². The van der Waals surface area contributed by atoms with Crippen molar-refractivity contribution in [1.29, 1.82) is 0 Å². The number of H-pyrrole nitrogens is 1. The van der Waals surface area contributed by atoms with Crippen molar-refractivity contribution in [2.24, 2.45) is 0 Å². The molecule has 2 aliphatic heterocycles. The van der Waals surface area contributed by atoms with E-state index in [1.54, 1.807) is 24.1 Å². The van der Waals surface area contributed by atoms with E-state index in [0.717, 1.165) is 25.0 Å². The Morgan fingerprint density at radius 3 is 2.81 bits per heavy atom. The molecule has 3 heterocycles. The summed E-state index contributed by atoms with van der Waals surface area (Å²) in [5.41, 5.74) is 1.96. The Morgan fingerprint density at radius 2 is 2.08 bits per heavy atom. The molecule has 0 radical (unpaired) electrons. The molecule has 2 aromatic rings. The Hall–Kier alpha value is -2.60. The lowest BCUT2D eigenvalue weighted by Crippen LogP contribution is -2.49. The highest BCUT2D eigenvalue weighted by molar-refractivity contribution is 5.93. The molecule has 1 saturated heterocycles. The second-order valence-corrected chi connectivity index (χ2v) is 6.82. The molecule has 0 saturated carbocycles. The number of amides is 1. The van der Waals surface area contributed by atoms with E-state index in [2.05, 4.69) is 17.1 Å². The molecule has 1 spiro atoms. The first-order chi connectivity index (χ1) is 12.6. The number of methoxy groups -OCH3 is 1. The highest BCUT2D eigenvalue weighted by Gasteiger charge is 2.42. The number of carbonyl (C=O) groups excluding carboxylic acids is 1. The Morgan fingerprint density at radius 1 is 1.27 bits per heavy atom. The molecule has 1 amide bonds. The Kier molecular flexibility index (Phi) is 4.28. The van der Waals surface area contributed by atoms with Gasteiger partial charge in [-0.2, -0.15) is 0 Å². The number of benzene rings is 1. The molecule has 0 unspecified atom stereocenters. The predicted molar refractivity (Wildman–Crippen MR) is 96.5 cm³/mol. The van der Waals surface area contributed by atoms with Gasteiger partial charge in [-0.15, -0.1) is 0 Å². The number of hydrogen-bond acceptors (Lipinski definition) is 4. The fourth-order valence-electron chi connectivity index (χ4n) is 4.03. The molecule has 26 heavy (non-hydrogen) atoms. The van der Waals surface area contributed by atoms with E-state index < -0.39 is 0 Å². The summed E-state index contributed by atoms with van der Waals surface area (Å²) in [5.74, 6) is 0.643. The van der Waals surface area contributed by atoms with Crippen LogP contribution in [0.3, 0.4) is 0 Å². The molecule has 6 nitrogen and oxygen atoms in total. The van der Waals surface area contributed by atoms with Crippen molar-refractivity contribution in [1.82, 2.24) is 9.88 Å². The minimum atomic E-state index is -0.347. The first-order valence-corrected chi connectivity index (χ1v) is 8.91. The van der Waals surface area contributed by atoms with Crippen molar-refractivity contribution in [2.45, 2.75) is 24.9 Å². The van der Waals surface area contributed by atoms with E-state index in [-0.39, 0.29) is 22.6 Å². The van der Waals surface area contributed by atoms with Gasteiger partial charge in [-0.05, 0) is 54.7 Å². The van der Waals surface area contributed by atoms with Gasteiger partial charge in [0.1, 0.15) is 11.3 Å². The van der Waals surface area contributed by atoms with Crippen molar-refractivity contribution in [3.05, 3.63) is 63.6 Å². The van der Waals surface area contributed by atoms with Crippen LogP contribution in [0.4, 0.5) is 0 Å². The number of aromatic nitrogens is 1. The van der Waals surface area contributed by atoms with Gasteiger partial charge in [-0.25, -0.2) is 0 Å². The number of rotatable bonds is 2. The fraction of sp³-hybridized carbons (Fsp3) is 0.400. The van der Waals surface area contributed by atoms with Gasteiger partial charge in [0.15, 0.2) is 0 Å². The van der Waals surface area contributed by atoms with Crippen LogP contribution in [0.25, 0.3) is 0 Å². The molecule has 6 heteroatoms. The number of nitrogens with one attached hydrogen (secondary N) is 1. The molecule has 4 rings (SSSR count). The lowest BCUT2D eigenvalue weighted by Gasteiger charge is -2.45. The Labute approximate surface area is 151 Å². The van der Waals surface area contributed by atoms with Crippen molar-refractivity contribution in [3.63, 3.8) is 0 Å². The number of nitrogens with zero attached hydrogens (tertiary/aromatic N) is 1. The largest absolute Gasteiger partial charge is 0.497 e. The molecule has 1 N–H and O–H groups in total. The lowest BCUT2D eigenvalue weighted by molar-refractivity contribution is -0.0935. The molecular formula is C20H22N2O4. The molecule has 1 fully saturated rings. The van der Waals surface area contributed by atoms with E-state index in [1.807, 2.05) is 6.07 Å². The van der Waals surface area contributed by atoms with Crippen LogP contribution in [-0.4, -0.2) is 42.6 Å². The first-order valence-electron chi connectivity index (χ1n) is 8.91. The number of carbonyl (C=O) groups is 1. The quantitative estimate of drug-likeness (QED) is 0.896. The third-order valence-electron chi connectivity index (χ3n) is 5.46. The van der Waals surface area contributed by atoms with Gasteiger partial charge in [-0.3, -0.25) is 9.59 Å². The van der Waals surface area contributed by atoms with Crippen LogP contribution in [0.15, 0.2) is 41.3 Å². The summed E-state index contributed by atoms with van der Waals surface area (Å²) in [4.78, 5) is 28.9. The number of likely N-dealkylation sites (tertiary alicyclic amines) is 1. The molecular weight excluding hydrogens is 332 g/mol. The smallest absolute Gasteiger partial charge is 0.260 e. The van der Waals surface area contributed by atoms with Gasteiger partial charge in [-0.1, -0.05) is 6.07 Å². The topological polar surface area (TPSA) is 71.6 Å². The zero-order chi connectivity index (χ0) is 18.1. The Bertz CT molecular complexity index is 881. The standard InChI is InChI=1S/C20H22N2O4/c1-25-15-4-5-17-14(13-15)6-12-26-20(17)7-10-22(11-8-20)19(24)16-3-2-9-21-18(16)23/h2-5,9,13H,6-8,10-12H2,1H3,(H,21,23). The number of hydrogen-bond donors (Lipinski definition) is 1. The molecule has 2 aliphatic rings. The van der Waals surface area contributed by atoms with Crippen LogP contribution >= 0.6 is 0 Å². The van der Waals surface area contributed by atoms with E-state index in [1.165, 1.54) is 17.3 Å². The van der Waals surface area contributed by atoms with E-state index in [9.17, 15) is 9.59 Å². The summed E-state index contributed by atoms with van der Waals surface area (Å²) in [6.45, 7) is 1.81. The summed E-state index contributed by atoms with van der Waals surface area (Å²) in [7, 11) is 1.67. The van der Waals surface area contributed by atoms with Crippen molar-refractivity contribution >= 4 is 5.91 Å². The van der Waals surface area contributed by atoms with Gasteiger partial charge in [0.25, 0.3) is 11.5 Å². The summed E-state index contributed by atoms with van der Waals surface area (Å²) < 4.78 is 11.6. The average Bonchev–Trinajstić information content (AvgIpc) is 2.68. The number of piperidine rings is 1. The van der Waals surface area contributed by atoms with Crippen molar-refractivity contribution < 1.29 is 14.3 Å². The average molecular weight is 354 g/mol. The number of aromatic amines is 1. The van der Waals surface area contributed by atoms with Crippen LogP contribution in [-0.2, 0) is 16.8 Å². The Balaban J connectivity index is 1.55. The third-order valence-corrected chi connectivity index (χ3v) is 5.46. The third kappa shape index (κ3) is 2.80. The monoisotopic (exact) mass is 354 g/mol. The maximum Gasteiger partial charge on any atom is 0.260 e. The minimum absolute atomic E-state index is 0.193. The maximum absolute atomic E-state index is 12.7. The van der Waals surface area contributed by atoms with Gasteiger partial charge in [0, 0.05) is 19.3 Å².